The van der Waals surface area contributed by atoms with Gasteiger partial charge in [0.2, 0.25) is 11.8 Å². The Bertz CT molecular complexity index is 798. The highest BCUT2D eigenvalue weighted by molar-refractivity contribution is 5.40. The maximum Gasteiger partial charge on any atom is 0.250 e. The van der Waals surface area contributed by atoms with Gasteiger partial charge in [0, 0.05) is 26.4 Å². The number of tetrazole rings is 1. The average Bonchev–Trinajstić information content (AvgIpc) is 3.25. The van der Waals surface area contributed by atoms with Crippen LogP contribution in [-0.2, 0) is 6.42 Å². The summed E-state index contributed by atoms with van der Waals surface area (Å²) in [4.78, 5) is 6.56. The van der Waals surface area contributed by atoms with Crippen molar-refractivity contribution in [3.8, 4) is 5.69 Å². The monoisotopic (exact) mass is 325 g/mol. The van der Waals surface area contributed by atoms with Gasteiger partial charge in [-0.05, 0) is 41.3 Å². The largest absolute Gasteiger partial charge is 0.340 e. The lowest BCUT2D eigenvalue weighted by molar-refractivity contribution is 0.368. The maximum absolute atomic E-state index is 5.07. The Balaban J connectivity index is 1.52. The number of anilines is 1. The predicted molar refractivity (Wildman–Crippen MR) is 86.8 cm³/mol. The first kappa shape index (κ1) is 14.8. The third-order valence-electron chi connectivity index (χ3n) is 4.30. The lowest BCUT2D eigenvalue weighted by atomic mass is 9.95. The molecule has 8 heteroatoms. The molecule has 0 aliphatic carbocycles. The van der Waals surface area contributed by atoms with E-state index < -0.39 is 0 Å². The minimum absolute atomic E-state index is 0.469. The molecular weight excluding hydrogens is 306 g/mol. The summed E-state index contributed by atoms with van der Waals surface area (Å²) >= 11 is 0. The van der Waals surface area contributed by atoms with Crippen molar-refractivity contribution in [3.05, 3.63) is 42.0 Å². The van der Waals surface area contributed by atoms with Gasteiger partial charge in [0.25, 0.3) is 0 Å². The van der Waals surface area contributed by atoms with Crippen molar-refractivity contribution < 1.29 is 4.52 Å². The lowest BCUT2D eigenvalue weighted by Crippen LogP contribution is -2.38. The smallest absolute Gasteiger partial charge is 0.250 e. The second-order valence-electron chi connectivity index (χ2n) is 6.11. The van der Waals surface area contributed by atoms with Gasteiger partial charge in [-0.2, -0.15) is 9.67 Å². The molecule has 0 saturated carbocycles. The number of aromatic nitrogens is 6. The average molecular weight is 325 g/mol. The number of hydrogen-bond donors (Lipinski definition) is 0. The van der Waals surface area contributed by atoms with Crippen molar-refractivity contribution in [2.45, 2.75) is 26.2 Å². The molecule has 1 aliphatic rings. The van der Waals surface area contributed by atoms with E-state index in [4.69, 9.17) is 4.52 Å². The Hall–Kier alpha value is -2.77. The van der Waals surface area contributed by atoms with Gasteiger partial charge in [-0.3, -0.25) is 0 Å². The topological polar surface area (TPSA) is 85.8 Å². The van der Waals surface area contributed by atoms with Crippen LogP contribution < -0.4 is 4.90 Å². The normalized spacial score (nSPS) is 18.0. The number of aryl methyl sites for hydroxylation is 1. The minimum Gasteiger partial charge on any atom is -0.340 e. The van der Waals surface area contributed by atoms with Crippen LogP contribution >= 0.6 is 0 Å². The van der Waals surface area contributed by atoms with Crippen LogP contribution in [0.25, 0.3) is 5.69 Å². The zero-order valence-electron chi connectivity index (χ0n) is 13.5. The molecule has 0 N–H and O–H groups in total. The van der Waals surface area contributed by atoms with E-state index in [0.29, 0.717) is 11.8 Å². The van der Waals surface area contributed by atoms with Gasteiger partial charge in [0.15, 0.2) is 5.82 Å². The quantitative estimate of drug-likeness (QED) is 0.723. The van der Waals surface area contributed by atoms with Gasteiger partial charge in [-0.25, -0.2) is 0 Å². The van der Waals surface area contributed by atoms with Gasteiger partial charge in [-0.1, -0.05) is 28.5 Å². The van der Waals surface area contributed by atoms with Crippen molar-refractivity contribution in [2.24, 2.45) is 5.92 Å². The Labute approximate surface area is 139 Å². The van der Waals surface area contributed by atoms with Crippen LogP contribution in [0.3, 0.4) is 0 Å². The SMILES string of the molecule is Cc1nc(C[C@@H]2CCCN(c3nnnn3-c3ccccc3)C2)no1. The highest BCUT2D eigenvalue weighted by atomic mass is 16.5. The van der Waals surface area contributed by atoms with Crippen LogP contribution in [0.1, 0.15) is 24.6 Å². The molecule has 0 bridgehead atoms. The second-order valence-corrected chi connectivity index (χ2v) is 6.11. The molecular formula is C16H19N7O. The highest BCUT2D eigenvalue weighted by Crippen LogP contribution is 2.24. The van der Waals surface area contributed by atoms with E-state index in [0.717, 1.165) is 49.8 Å². The standard InChI is InChI=1S/C16H19N7O/c1-12-17-15(19-24-12)10-13-6-5-9-22(11-13)16-18-20-21-23(16)14-7-3-2-4-8-14/h2-4,7-8,13H,5-6,9-11H2,1H3/t13-/m0/s1. The lowest BCUT2D eigenvalue weighted by Gasteiger charge is -2.32. The summed E-state index contributed by atoms with van der Waals surface area (Å²) < 4.78 is 6.86. The zero-order valence-corrected chi connectivity index (χ0v) is 13.5. The van der Waals surface area contributed by atoms with E-state index in [1.54, 1.807) is 4.68 Å². The van der Waals surface area contributed by atoms with E-state index in [1.165, 1.54) is 0 Å². The number of benzene rings is 1. The fourth-order valence-corrected chi connectivity index (χ4v) is 3.21. The Kier molecular flexibility index (Phi) is 3.94. The van der Waals surface area contributed by atoms with Gasteiger partial charge in [0.1, 0.15) is 0 Å². The molecule has 1 aliphatic heterocycles. The number of para-hydroxylation sites is 1. The molecule has 1 saturated heterocycles. The Morgan fingerprint density at radius 3 is 2.92 bits per heavy atom. The molecule has 4 rings (SSSR count). The van der Waals surface area contributed by atoms with Crippen LogP contribution in [0.15, 0.2) is 34.9 Å². The summed E-state index contributed by atoms with van der Waals surface area (Å²) in [7, 11) is 0. The minimum atomic E-state index is 0.469. The summed E-state index contributed by atoms with van der Waals surface area (Å²) in [5, 5.41) is 16.3. The Morgan fingerprint density at radius 2 is 2.12 bits per heavy atom. The molecule has 0 radical (unpaired) electrons. The molecule has 124 valence electrons. The predicted octanol–water partition coefficient (Wildman–Crippen LogP) is 1.81. The zero-order chi connectivity index (χ0) is 16.4. The number of nitrogens with zero attached hydrogens (tertiary/aromatic N) is 7. The van der Waals surface area contributed by atoms with Crippen LogP contribution in [0, 0.1) is 12.8 Å². The van der Waals surface area contributed by atoms with Crippen LogP contribution in [0.5, 0.6) is 0 Å². The molecule has 24 heavy (non-hydrogen) atoms. The third-order valence-corrected chi connectivity index (χ3v) is 4.30. The van der Waals surface area contributed by atoms with Crippen LogP contribution in [-0.4, -0.2) is 43.4 Å². The number of hydrogen-bond acceptors (Lipinski definition) is 7. The first-order valence-corrected chi connectivity index (χ1v) is 8.17. The fourth-order valence-electron chi connectivity index (χ4n) is 3.21. The summed E-state index contributed by atoms with van der Waals surface area (Å²) in [6.07, 6.45) is 3.07. The van der Waals surface area contributed by atoms with Crippen molar-refractivity contribution in [2.75, 3.05) is 18.0 Å². The van der Waals surface area contributed by atoms with E-state index in [2.05, 4.69) is 30.6 Å². The van der Waals surface area contributed by atoms with E-state index in [9.17, 15) is 0 Å². The van der Waals surface area contributed by atoms with Crippen molar-refractivity contribution >= 4 is 5.95 Å². The second kappa shape index (κ2) is 6.38. The molecule has 1 aromatic carbocycles. The van der Waals surface area contributed by atoms with E-state index in [-0.39, 0.29) is 0 Å². The molecule has 1 atom stereocenters. The summed E-state index contributed by atoms with van der Waals surface area (Å²) in [5.41, 5.74) is 0.966. The maximum atomic E-state index is 5.07. The molecule has 0 unspecified atom stereocenters. The van der Waals surface area contributed by atoms with Gasteiger partial charge in [-0.15, -0.1) is 0 Å². The van der Waals surface area contributed by atoms with E-state index >= 15 is 0 Å². The highest BCUT2D eigenvalue weighted by Gasteiger charge is 2.25. The van der Waals surface area contributed by atoms with Crippen molar-refractivity contribution in [1.82, 2.24) is 30.3 Å². The van der Waals surface area contributed by atoms with E-state index in [1.807, 2.05) is 37.3 Å². The summed E-state index contributed by atoms with van der Waals surface area (Å²) in [6.45, 7) is 3.66. The van der Waals surface area contributed by atoms with Gasteiger partial charge >= 0.3 is 0 Å². The molecule has 0 amide bonds. The number of rotatable bonds is 4. The molecule has 3 heterocycles. The van der Waals surface area contributed by atoms with Crippen molar-refractivity contribution in [3.63, 3.8) is 0 Å². The summed E-state index contributed by atoms with van der Waals surface area (Å²) in [6, 6.07) is 9.96. The molecule has 3 aromatic rings. The van der Waals surface area contributed by atoms with Crippen LogP contribution in [0.4, 0.5) is 5.95 Å². The van der Waals surface area contributed by atoms with Crippen LogP contribution in [0.2, 0.25) is 0 Å². The fraction of sp³-hybridized carbons (Fsp3) is 0.438. The summed E-state index contributed by atoms with van der Waals surface area (Å²) in [5.74, 6) is 2.65. The third kappa shape index (κ3) is 2.99. The Morgan fingerprint density at radius 1 is 1.25 bits per heavy atom. The number of piperidine rings is 1. The molecule has 1 fully saturated rings. The molecule has 8 nitrogen and oxygen atoms in total. The first-order chi connectivity index (χ1) is 11.8. The van der Waals surface area contributed by atoms with Crippen molar-refractivity contribution in [1.29, 1.82) is 0 Å². The molecule has 2 aromatic heterocycles. The van der Waals surface area contributed by atoms with Gasteiger partial charge < -0.3 is 9.42 Å². The first-order valence-electron chi connectivity index (χ1n) is 8.17. The van der Waals surface area contributed by atoms with Gasteiger partial charge in [0.05, 0.1) is 5.69 Å². The molecule has 0 spiro atoms.